The average molecular weight is 263 g/mol. The number of hydrogen-bond donors (Lipinski definition) is 1. The van der Waals surface area contributed by atoms with Gasteiger partial charge in [0.2, 0.25) is 0 Å². The van der Waals surface area contributed by atoms with E-state index in [4.69, 9.17) is 4.74 Å². The molecule has 0 heterocycles. The number of carbonyl (C=O) groups excluding carboxylic acids is 2. The van der Waals surface area contributed by atoms with Crippen LogP contribution in [-0.2, 0) is 20.7 Å². The Kier molecular flexibility index (Phi) is 6.64. The molecule has 0 spiro atoms. The van der Waals surface area contributed by atoms with E-state index in [1.54, 1.807) is 13.8 Å². The van der Waals surface area contributed by atoms with Gasteiger partial charge in [0.1, 0.15) is 0 Å². The second kappa shape index (κ2) is 8.29. The number of amides is 1. The van der Waals surface area contributed by atoms with Gasteiger partial charge in [-0.25, -0.2) is 4.79 Å². The fourth-order valence-electron chi connectivity index (χ4n) is 1.64. The van der Waals surface area contributed by atoms with Gasteiger partial charge in [-0.1, -0.05) is 30.3 Å². The Hall–Kier alpha value is -1.84. The molecule has 4 nitrogen and oxygen atoms in total. The van der Waals surface area contributed by atoms with Crippen molar-refractivity contribution in [2.24, 2.45) is 0 Å². The van der Waals surface area contributed by atoms with Gasteiger partial charge in [0.25, 0.3) is 0 Å². The summed E-state index contributed by atoms with van der Waals surface area (Å²) in [6.45, 7) is 3.93. The molecule has 1 aromatic carbocycles. The van der Waals surface area contributed by atoms with Gasteiger partial charge in [-0.15, -0.1) is 0 Å². The van der Waals surface area contributed by atoms with Gasteiger partial charge in [0, 0.05) is 6.54 Å². The molecule has 4 heteroatoms. The average Bonchev–Trinajstić information content (AvgIpc) is 2.38. The van der Waals surface area contributed by atoms with Crippen LogP contribution in [0.2, 0.25) is 0 Å². The molecule has 0 aliphatic heterocycles. The Labute approximate surface area is 114 Å². The molecule has 0 aromatic heterocycles. The molecule has 0 aliphatic carbocycles. The summed E-state index contributed by atoms with van der Waals surface area (Å²) in [7, 11) is 0. The monoisotopic (exact) mass is 263 g/mol. The van der Waals surface area contributed by atoms with Crippen LogP contribution in [0.5, 0.6) is 0 Å². The maximum atomic E-state index is 11.3. The van der Waals surface area contributed by atoms with Gasteiger partial charge in [0.15, 0.2) is 0 Å². The smallest absolute Gasteiger partial charge is 0.397 e. The molecule has 0 saturated carbocycles. The van der Waals surface area contributed by atoms with Crippen LogP contribution >= 0.6 is 0 Å². The molecule has 0 atom stereocenters. The van der Waals surface area contributed by atoms with Crippen molar-refractivity contribution in [3.05, 3.63) is 35.9 Å². The molecule has 0 aliphatic rings. The van der Waals surface area contributed by atoms with Crippen molar-refractivity contribution in [2.45, 2.75) is 39.2 Å². The minimum atomic E-state index is -0.807. The highest BCUT2D eigenvalue weighted by Crippen LogP contribution is 2.03. The maximum Gasteiger partial charge on any atom is 0.397 e. The Balaban J connectivity index is 2.11. The summed E-state index contributed by atoms with van der Waals surface area (Å²) in [5.41, 5.74) is 1.29. The van der Waals surface area contributed by atoms with Crippen LogP contribution in [-0.4, -0.2) is 24.5 Å². The number of carbonyl (C=O) groups is 2. The molecule has 0 unspecified atom stereocenters. The fourth-order valence-corrected chi connectivity index (χ4v) is 1.64. The third kappa shape index (κ3) is 6.60. The molecule has 1 aromatic rings. The largest absolute Gasteiger partial charge is 0.456 e. The first kappa shape index (κ1) is 15.2. The fraction of sp³-hybridized carbons (Fsp3) is 0.467. The van der Waals surface area contributed by atoms with Crippen molar-refractivity contribution in [2.75, 3.05) is 6.54 Å². The molecular formula is C15H21NO3. The van der Waals surface area contributed by atoms with Crippen LogP contribution in [0.4, 0.5) is 0 Å². The van der Waals surface area contributed by atoms with E-state index in [0.717, 1.165) is 19.3 Å². The van der Waals surface area contributed by atoms with Gasteiger partial charge >= 0.3 is 11.9 Å². The number of ether oxygens (including phenoxy) is 1. The quantitative estimate of drug-likeness (QED) is 0.485. The lowest BCUT2D eigenvalue weighted by Crippen LogP contribution is -2.34. The highest BCUT2D eigenvalue weighted by Gasteiger charge is 2.15. The standard InChI is InChI=1S/C15H21NO3/c1-12(2)19-15(18)14(17)16-11-7-6-10-13-8-4-3-5-9-13/h3-5,8-9,12H,6-7,10-11H2,1-2H3,(H,16,17). The molecule has 104 valence electrons. The van der Waals surface area contributed by atoms with Crippen LogP contribution in [0.3, 0.4) is 0 Å². The first-order valence-corrected chi connectivity index (χ1v) is 6.62. The number of rotatable bonds is 6. The SMILES string of the molecule is CC(C)OC(=O)C(=O)NCCCCc1ccccc1. The number of esters is 1. The maximum absolute atomic E-state index is 11.3. The second-order valence-electron chi connectivity index (χ2n) is 4.65. The third-order valence-electron chi connectivity index (χ3n) is 2.55. The summed E-state index contributed by atoms with van der Waals surface area (Å²) in [5, 5.41) is 2.56. The highest BCUT2D eigenvalue weighted by atomic mass is 16.5. The van der Waals surface area contributed by atoms with Crippen molar-refractivity contribution < 1.29 is 14.3 Å². The number of hydrogen-bond acceptors (Lipinski definition) is 3. The summed E-state index contributed by atoms with van der Waals surface area (Å²) < 4.78 is 4.79. The summed E-state index contributed by atoms with van der Waals surface area (Å²) in [4.78, 5) is 22.5. The van der Waals surface area contributed by atoms with Crippen LogP contribution in [0, 0.1) is 0 Å². The topological polar surface area (TPSA) is 55.4 Å². The Bertz CT molecular complexity index is 401. The van der Waals surface area contributed by atoms with Crippen molar-refractivity contribution >= 4 is 11.9 Å². The summed E-state index contributed by atoms with van der Waals surface area (Å²) in [6, 6.07) is 10.2. The van der Waals surface area contributed by atoms with Crippen molar-refractivity contribution in [1.29, 1.82) is 0 Å². The second-order valence-corrected chi connectivity index (χ2v) is 4.65. The van der Waals surface area contributed by atoms with Crippen LogP contribution in [0.15, 0.2) is 30.3 Å². The van der Waals surface area contributed by atoms with E-state index >= 15 is 0 Å². The van der Waals surface area contributed by atoms with E-state index in [9.17, 15) is 9.59 Å². The van der Waals surface area contributed by atoms with Crippen LogP contribution in [0.1, 0.15) is 32.3 Å². The molecule has 0 radical (unpaired) electrons. The minimum absolute atomic E-state index is 0.267. The van der Waals surface area contributed by atoms with Crippen molar-refractivity contribution in [1.82, 2.24) is 5.32 Å². The highest BCUT2D eigenvalue weighted by molar-refractivity contribution is 6.32. The zero-order chi connectivity index (χ0) is 14.1. The predicted octanol–water partition coefficient (Wildman–Crippen LogP) is 2.08. The van der Waals surface area contributed by atoms with Gasteiger partial charge in [0.05, 0.1) is 6.10 Å². The molecule has 1 amide bonds. The molecule has 0 bridgehead atoms. The first-order valence-electron chi connectivity index (χ1n) is 6.62. The van der Waals surface area contributed by atoms with E-state index in [2.05, 4.69) is 17.4 Å². The predicted molar refractivity (Wildman–Crippen MR) is 73.6 cm³/mol. The van der Waals surface area contributed by atoms with Gasteiger partial charge in [-0.05, 0) is 38.7 Å². The summed E-state index contributed by atoms with van der Waals surface area (Å²) in [5.74, 6) is -1.47. The number of benzene rings is 1. The number of nitrogens with one attached hydrogen (secondary N) is 1. The van der Waals surface area contributed by atoms with E-state index < -0.39 is 11.9 Å². The van der Waals surface area contributed by atoms with Gasteiger partial charge in [-0.3, -0.25) is 4.79 Å². The molecule has 0 fully saturated rings. The van der Waals surface area contributed by atoms with E-state index in [-0.39, 0.29) is 6.10 Å². The van der Waals surface area contributed by atoms with E-state index in [1.807, 2.05) is 18.2 Å². The Morgan fingerprint density at radius 1 is 1.16 bits per heavy atom. The zero-order valence-electron chi connectivity index (χ0n) is 11.5. The normalized spacial score (nSPS) is 10.3. The lowest BCUT2D eigenvalue weighted by molar-refractivity contribution is -0.157. The first-order chi connectivity index (χ1) is 9.09. The molecule has 0 saturated heterocycles. The molecular weight excluding hydrogens is 242 g/mol. The van der Waals surface area contributed by atoms with Crippen molar-refractivity contribution in [3.63, 3.8) is 0 Å². The van der Waals surface area contributed by atoms with Crippen molar-refractivity contribution in [3.8, 4) is 0 Å². The summed E-state index contributed by atoms with van der Waals surface area (Å²) >= 11 is 0. The summed E-state index contributed by atoms with van der Waals surface area (Å²) in [6.07, 6.45) is 2.53. The molecule has 1 rings (SSSR count). The zero-order valence-corrected chi connectivity index (χ0v) is 11.5. The minimum Gasteiger partial charge on any atom is -0.456 e. The van der Waals surface area contributed by atoms with Crippen LogP contribution in [0.25, 0.3) is 0 Å². The molecule has 1 N–H and O–H groups in total. The van der Waals surface area contributed by atoms with Gasteiger partial charge in [-0.2, -0.15) is 0 Å². The third-order valence-corrected chi connectivity index (χ3v) is 2.55. The Morgan fingerprint density at radius 2 is 1.84 bits per heavy atom. The van der Waals surface area contributed by atoms with E-state index in [0.29, 0.717) is 6.54 Å². The number of aryl methyl sites for hydroxylation is 1. The molecule has 19 heavy (non-hydrogen) atoms. The van der Waals surface area contributed by atoms with Gasteiger partial charge < -0.3 is 10.1 Å². The number of unbranched alkanes of at least 4 members (excludes halogenated alkanes) is 1. The lowest BCUT2D eigenvalue weighted by atomic mass is 10.1. The lowest BCUT2D eigenvalue weighted by Gasteiger charge is -2.08. The Morgan fingerprint density at radius 3 is 2.47 bits per heavy atom. The van der Waals surface area contributed by atoms with E-state index in [1.165, 1.54) is 5.56 Å². The van der Waals surface area contributed by atoms with Crippen LogP contribution < -0.4 is 5.32 Å².